The summed E-state index contributed by atoms with van der Waals surface area (Å²) in [4.78, 5) is 46.6. The number of amides is 3. The number of thioether (sulfide) groups is 1. The molecule has 0 aliphatic carbocycles. The largest absolute Gasteiger partial charge is 0.480 e. The van der Waals surface area contributed by atoms with E-state index in [2.05, 4.69) is 10.6 Å². The van der Waals surface area contributed by atoms with Gasteiger partial charge in [-0.1, -0.05) is 6.42 Å². The number of hydrogen-bond donors (Lipinski definition) is 6. The first-order chi connectivity index (χ1) is 12.2. The second kappa shape index (κ2) is 13.4. The van der Waals surface area contributed by atoms with Crippen LogP contribution in [0.3, 0.4) is 0 Å². The third-order valence-corrected chi connectivity index (χ3v) is 4.21. The molecule has 0 aliphatic heterocycles. The van der Waals surface area contributed by atoms with Gasteiger partial charge in [0.25, 0.3) is 0 Å². The van der Waals surface area contributed by atoms with Gasteiger partial charge < -0.3 is 32.9 Å². The van der Waals surface area contributed by atoms with E-state index in [0.717, 1.165) is 6.42 Å². The van der Waals surface area contributed by atoms with Crippen molar-refractivity contribution in [1.29, 1.82) is 0 Å². The molecule has 150 valence electrons. The lowest BCUT2D eigenvalue weighted by atomic mass is 10.1. The van der Waals surface area contributed by atoms with Crippen LogP contribution in [0.2, 0.25) is 0 Å². The van der Waals surface area contributed by atoms with Gasteiger partial charge in [0.15, 0.2) is 0 Å². The second-order valence-electron chi connectivity index (χ2n) is 5.80. The van der Waals surface area contributed by atoms with Crippen LogP contribution in [0, 0.1) is 0 Å². The second-order valence-corrected chi connectivity index (χ2v) is 6.79. The summed E-state index contributed by atoms with van der Waals surface area (Å²) in [7, 11) is 0. The average Bonchev–Trinajstić information content (AvgIpc) is 2.57. The Bertz CT molecular complexity index is 491. The minimum Gasteiger partial charge on any atom is -0.480 e. The van der Waals surface area contributed by atoms with Gasteiger partial charge in [-0.2, -0.15) is 11.8 Å². The normalized spacial score (nSPS) is 14.1. The molecule has 0 aromatic heterocycles. The number of carbonyl (C=O) groups is 4. The SMILES string of the molecule is CSCC[C@H](NC(=O)[C@@H](N)CCCCN)C(=O)N[C@@H](CC(N)=O)C(=O)O. The summed E-state index contributed by atoms with van der Waals surface area (Å²) in [5.41, 5.74) is 16.2. The van der Waals surface area contributed by atoms with Crippen LogP contribution in [-0.4, -0.2) is 65.5 Å². The fraction of sp³-hybridized carbons (Fsp3) is 0.733. The standard InChI is InChI=1S/C15H29N5O5S/c1-26-7-5-10(19-13(22)9(17)4-2-3-6-16)14(23)20-11(15(24)25)8-12(18)21/h9-11H,2-8,16-17H2,1H3,(H2,18,21)(H,19,22)(H,20,23)(H,24,25)/t9-,10-,11-/m0/s1. The van der Waals surface area contributed by atoms with Crippen LogP contribution in [0.25, 0.3) is 0 Å². The Kier molecular flexibility index (Phi) is 12.4. The fourth-order valence-corrected chi connectivity index (χ4v) is 2.57. The zero-order valence-corrected chi connectivity index (χ0v) is 15.7. The van der Waals surface area contributed by atoms with Gasteiger partial charge in [0.2, 0.25) is 17.7 Å². The summed E-state index contributed by atoms with van der Waals surface area (Å²) in [5, 5.41) is 13.9. The number of nitrogens with one attached hydrogen (secondary N) is 2. The van der Waals surface area contributed by atoms with Crippen molar-refractivity contribution < 1.29 is 24.3 Å². The molecule has 0 unspecified atom stereocenters. The molecule has 0 radical (unpaired) electrons. The topological polar surface area (TPSA) is 191 Å². The highest BCUT2D eigenvalue weighted by atomic mass is 32.2. The Morgan fingerprint density at radius 2 is 1.65 bits per heavy atom. The molecule has 0 aromatic carbocycles. The number of aliphatic carboxylic acids is 1. The third kappa shape index (κ3) is 10.2. The molecule has 0 saturated carbocycles. The lowest BCUT2D eigenvalue weighted by Gasteiger charge is -2.22. The minimum absolute atomic E-state index is 0.289. The molecular formula is C15H29N5O5S. The monoisotopic (exact) mass is 391 g/mol. The van der Waals surface area contributed by atoms with Crippen LogP contribution in [0.1, 0.15) is 32.1 Å². The molecule has 0 saturated heterocycles. The van der Waals surface area contributed by atoms with E-state index in [4.69, 9.17) is 22.3 Å². The Hall–Kier alpha value is -1.85. The van der Waals surface area contributed by atoms with Crippen LogP contribution in [-0.2, 0) is 19.2 Å². The molecule has 0 spiro atoms. The summed E-state index contributed by atoms with van der Waals surface area (Å²) < 4.78 is 0. The number of unbranched alkanes of at least 4 members (excludes halogenated alkanes) is 1. The van der Waals surface area contributed by atoms with Gasteiger partial charge in [-0.25, -0.2) is 4.79 Å². The Morgan fingerprint density at radius 1 is 1.04 bits per heavy atom. The lowest BCUT2D eigenvalue weighted by Crippen LogP contribution is -2.55. The summed E-state index contributed by atoms with van der Waals surface area (Å²) in [6.45, 7) is 0.504. The first-order valence-electron chi connectivity index (χ1n) is 8.29. The summed E-state index contributed by atoms with van der Waals surface area (Å²) in [6.07, 6.45) is 3.44. The zero-order chi connectivity index (χ0) is 20.1. The van der Waals surface area contributed by atoms with Gasteiger partial charge in [0, 0.05) is 0 Å². The number of nitrogens with two attached hydrogens (primary N) is 3. The number of carboxylic acids is 1. The number of hydrogen-bond acceptors (Lipinski definition) is 7. The van der Waals surface area contributed by atoms with Gasteiger partial charge in [0.05, 0.1) is 12.5 Å². The highest BCUT2D eigenvalue weighted by Crippen LogP contribution is 2.05. The predicted molar refractivity (Wildman–Crippen MR) is 99.2 cm³/mol. The van der Waals surface area contributed by atoms with Crippen molar-refractivity contribution in [3.63, 3.8) is 0 Å². The van der Waals surface area contributed by atoms with E-state index < -0.39 is 48.2 Å². The van der Waals surface area contributed by atoms with E-state index in [1.165, 1.54) is 11.8 Å². The molecule has 0 rings (SSSR count). The molecule has 0 aromatic rings. The summed E-state index contributed by atoms with van der Waals surface area (Å²) in [6, 6.07) is -3.19. The van der Waals surface area contributed by atoms with Crippen LogP contribution >= 0.6 is 11.8 Å². The van der Waals surface area contributed by atoms with Crippen LogP contribution in [0.5, 0.6) is 0 Å². The van der Waals surface area contributed by atoms with Gasteiger partial charge in [-0.15, -0.1) is 0 Å². The molecule has 10 nitrogen and oxygen atoms in total. The molecule has 0 fully saturated rings. The van der Waals surface area contributed by atoms with Crippen molar-refractivity contribution in [3.8, 4) is 0 Å². The van der Waals surface area contributed by atoms with Crippen molar-refractivity contribution >= 4 is 35.5 Å². The first-order valence-corrected chi connectivity index (χ1v) is 9.68. The van der Waals surface area contributed by atoms with E-state index in [0.29, 0.717) is 25.1 Å². The van der Waals surface area contributed by atoms with Gasteiger partial charge in [-0.05, 0) is 37.8 Å². The third-order valence-electron chi connectivity index (χ3n) is 3.57. The number of carboxylic acid groups (broad SMARTS) is 1. The van der Waals surface area contributed by atoms with Crippen molar-refractivity contribution in [2.75, 3.05) is 18.6 Å². The average molecular weight is 391 g/mol. The van der Waals surface area contributed by atoms with Gasteiger partial charge >= 0.3 is 5.97 Å². The first kappa shape index (κ1) is 24.1. The number of rotatable bonds is 14. The highest BCUT2D eigenvalue weighted by molar-refractivity contribution is 7.98. The minimum atomic E-state index is -1.45. The predicted octanol–water partition coefficient (Wildman–Crippen LogP) is -1.87. The molecule has 9 N–H and O–H groups in total. The number of carbonyl (C=O) groups excluding carboxylic acids is 3. The van der Waals surface area contributed by atoms with Crippen molar-refractivity contribution in [3.05, 3.63) is 0 Å². The molecule has 0 bridgehead atoms. The van der Waals surface area contributed by atoms with Gasteiger partial charge in [-0.3, -0.25) is 14.4 Å². The lowest BCUT2D eigenvalue weighted by molar-refractivity contribution is -0.143. The van der Waals surface area contributed by atoms with Crippen LogP contribution < -0.4 is 27.8 Å². The number of primary amides is 1. The molecule has 0 aliphatic rings. The van der Waals surface area contributed by atoms with Crippen molar-refractivity contribution in [2.24, 2.45) is 17.2 Å². The van der Waals surface area contributed by atoms with Gasteiger partial charge in [0.1, 0.15) is 12.1 Å². The van der Waals surface area contributed by atoms with Crippen molar-refractivity contribution in [2.45, 2.75) is 50.2 Å². The van der Waals surface area contributed by atoms with Crippen LogP contribution in [0.15, 0.2) is 0 Å². The Labute approximate surface area is 157 Å². The molecule has 26 heavy (non-hydrogen) atoms. The van der Waals surface area contributed by atoms with Crippen molar-refractivity contribution in [1.82, 2.24) is 10.6 Å². The molecule has 3 atom stereocenters. The molecule has 11 heteroatoms. The molecule has 0 heterocycles. The van der Waals surface area contributed by atoms with E-state index in [-0.39, 0.29) is 6.42 Å². The quantitative estimate of drug-likeness (QED) is 0.185. The Balaban J connectivity index is 4.88. The van der Waals surface area contributed by atoms with E-state index in [9.17, 15) is 19.2 Å². The highest BCUT2D eigenvalue weighted by Gasteiger charge is 2.28. The zero-order valence-electron chi connectivity index (χ0n) is 14.9. The van der Waals surface area contributed by atoms with E-state index >= 15 is 0 Å². The maximum atomic E-state index is 12.4. The Morgan fingerprint density at radius 3 is 2.15 bits per heavy atom. The molecular weight excluding hydrogens is 362 g/mol. The van der Waals surface area contributed by atoms with E-state index in [1.807, 2.05) is 6.26 Å². The summed E-state index contributed by atoms with van der Waals surface area (Å²) >= 11 is 1.47. The molecule has 3 amide bonds. The maximum Gasteiger partial charge on any atom is 0.326 e. The fourth-order valence-electron chi connectivity index (χ4n) is 2.10. The van der Waals surface area contributed by atoms with Crippen LogP contribution in [0.4, 0.5) is 0 Å². The summed E-state index contributed by atoms with van der Waals surface area (Å²) in [5.74, 6) is -2.87. The maximum absolute atomic E-state index is 12.4. The van der Waals surface area contributed by atoms with E-state index in [1.54, 1.807) is 0 Å². The smallest absolute Gasteiger partial charge is 0.326 e.